The van der Waals surface area contributed by atoms with Crippen LogP contribution in [0.25, 0.3) is 17.0 Å². The summed E-state index contributed by atoms with van der Waals surface area (Å²) in [6, 6.07) is 8.88. The van der Waals surface area contributed by atoms with Crippen molar-refractivity contribution in [1.29, 1.82) is 0 Å². The van der Waals surface area contributed by atoms with Crippen LogP contribution in [0.2, 0.25) is 0 Å². The number of hydrogen-bond acceptors (Lipinski definition) is 8. The fraction of sp³-hybridized carbons (Fsp3) is 0.148. The van der Waals surface area contributed by atoms with Crippen LogP contribution in [0, 0.1) is 17.5 Å². The number of anilines is 2. The Kier molecular flexibility index (Phi) is 9.51. The Morgan fingerprint density at radius 2 is 1.93 bits per heavy atom. The molecule has 0 amide bonds. The quantitative estimate of drug-likeness (QED) is 0.197. The maximum absolute atomic E-state index is 14.7. The van der Waals surface area contributed by atoms with Gasteiger partial charge in [-0.25, -0.2) is 32.3 Å². The molecule has 206 valence electrons. The first kappa shape index (κ1) is 28.8. The third kappa shape index (κ3) is 6.85. The van der Waals surface area contributed by atoms with Crippen LogP contribution in [0.15, 0.2) is 75.9 Å². The van der Waals surface area contributed by atoms with Gasteiger partial charge in [-0.3, -0.25) is 14.7 Å². The molecule has 0 spiro atoms. The van der Waals surface area contributed by atoms with Gasteiger partial charge in [-0.2, -0.15) is 0 Å². The van der Waals surface area contributed by atoms with Gasteiger partial charge in [-0.15, -0.1) is 11.3 Å². The van der Waals surface area contributed by atoms with E-state index in [1.54, 1.807) is 24.6 Å². The summed E-state index contributed by atoms with van der Waals surface area (Å²) in [5.41, 5.74) is 1.25. The minimum absolute atomic E-state index is 0.0869. The number of aliphatic imine (C=N–C) groups is 2. The fourth-order valence-corrected chi connectivity index (χ4v) is 5.44. The van der Waals surface area contributed by atoms with E-state index < -0.39 is 33.3 Å². The maximum Gasteiger partial charge on any atom is 0.156 e. The summed E-state index contributed by atoms with van der Waals surface area (Å²) in [4.78, 5) is 21.1. The predicted molar refractivity (Wildman–Crippen MR) is 155 cm³/mol. The zero-order valence-electron chi connectivity index (χ0n) is 21.4. The van der Waals surface area contributed by atoms with Gasteiger partial charge in [0.1, 0.15) is 41.2 Å². The maximum atomic E-state index is 14.7. The molecule has 0 radical (unpaired) electrons. The summed E-state index contributed by atoms with van der Waals surface area (Å²) in [6.07, 6.45) is 6.28. The molecule has 4 aromatic rings. The highest BCUT2D eigenvalue weighted by molar-refractivity contribution is 7.86. The highest BCUT2D eigenvalue weighted by Crippen LogP contribution is 2.38. The fourth-order valence-electron chi connectivity index (χ4n) is 3.41. The van der Waals surface area contributed by atoms with Gasteiger partial charge in [0, 0.05) is 23.9 Å². The molecule has 0 saturated heterocycles. The highest BCUT2D eigenvalue weighted by atomic mass is 32.2. The Hall–Kier alpha value is -4.23. The summed E-state index contributed by atoms with van der Waals surface area (Å²) in [6.45, 7) is 7.91. The largest absolute Gasteiger partial charge is 0.351 e. The Morgan fingerprint density at radius 3 is 2.60 bits per heavy atom. The van der Waals surface area contributed by atoms with Crippen molar-refractivity contribution in [1.82, 2.24) is 15.0 Å². The Morgan fingerprint density at radius 1 is 1.15 bits per heavy atom. The normalized spacial score (nSPS) is 12.6. The Balaban J connectivity index is 1.64. The lowest BCUT2D eigenvalue weighted by Crippen LogP contribution is -2.10. The van der Waals surface area contributed by atoms with E-state index in [2.05, 4.69) is 36.7 Å². The average molecular weight is 584 g/mol. The summed E-state index contributed by atoms with van der Waals surface area (Å²) < 4.78 is 58.1. The van der Waals surface area contributed by atoms with E-state index in [1.807, 2.05) is 13.8 Å². The van der Waals surface area contributed by atoms with E-state index >= 15 is 0 Å². The van der Waals surface area contributed by atoms with Crippen molar-refractivity contribution in [3.8, 4) is 11.3 Å². The van der Waals surface area contributed by atoms with E-state index in [1.165, 1.54) is 29.8 Å². The molecule has 2 N–H and O–H groups in total. The van der Waals surface area contributed by atoms with Crippen molar-refractivity contribution in [3.63, 3.8) is 0 Å². The molecule has 8 nitrogen and oxygen atoms in total. The standard InChI is InChI=1S/C27H24F3N7OS2/c1-16(2)27-36-24(25(39-27)21(31-3)9-11-32-14-34-23-10-12-33-15-35-23)17-7-8-18(28)22(13-17)37-40(38)26-19(29)5-4-6-20(26)30/h4-13,15-16,37H,3,14H2,1-2H3,(H,33,34,35)/b21-9-,32-11-. The van der Waals surface area contributed by atoms with E-state index in [0.29, 0.717) is 27.6 Å². The molecule has 0 aliphatic heterocycles. The van der Waals surface area contributed by atoms with Crippen molar-refractivity contribution in [3.05, 3.63) is 88.4 Å². The van der Waals surface area contributed by atoms with Crippen LogP contribution in [0.5, 0.6) is 0 Å². The van der Waals surface area contributed by atoms with Crippen LogP contribution in [-0.2, 0) is 11.0 Å². The van der Waals surface area contributed by atoms with Crippen LogP contribution in [0.1, 0.15) is 29.7 Å². The lowest BCUT2D eigenvalue weighted by molar-refractivity contribution is 0.535. The molecule has 0 aliphatic carbocycles. The molecular weight excluding hydrogens is 559 g/mol. The second-order valence-corrected chi connectivity index (χ2v) is 10.7. The van der Waals surface area contributed by atoms with E-state index in [0.717, 1.165) is 29.3 Å². The number of thiazole rings is 1. The van der Waals surface area contributed by atoms with Gasteiger partial charge in [0.25, 0.3) is 0 Å². The van der Waals surface area contributed by atoms with Crippen molar-refractivity contribution < 1.29 is 17.4 Å². The molecule has 0 saturated carbocycles. The van der Waals surface area contributed by atoms with Crippen molar-refractivity contribution >= 4 is 52.5 Å². The van der Waals surface area contributed by atoms with Crippen molar-refractivity contribution in [2.45, 2.75) is 24.7 Å². The topological polar surface area (TPSA) is 105 Å². The van der Waals surface area contributed by atoms with Crippen molar-refractivity contribution in [2.24, 2.45) is 9.98 Å². The lowest BCUT2D eigenvalue weighted by Gasteiger charge is -2.11. The minimum Gasteiger partial charge on any atom is -0.351 e. The molecule has 1 atom stereocenters. The van der Waals surface area contributed by atoms with Gasteiger partial charge in [0.05, 0.1) is 27.0 Å². The lowest BCUT2D eigenvalue weighted by atomic mass is 10.1. The van der Waals surface area contributed by atoms with Gasteiger partial charge in [0.15, 0.2) is 11.0 Å². The first-order valence-corrected chi connectivity index (χ1v) is 13.8. The molecule has 40 heavy (non-hydrogen) atoms. The Bertz CT molecular complexity index is 1570. The molecule has 2 aromatic heterocycles. The molecule has 1 unspecified atom stereocenters. The molecule has 4 rings (SSSR count). The summed E-state index contributed by atoms with van der Waals surface area (Å²) >= 11 is 1.40. The second kappa shape index (κ2) is 13.2. The number of hydrogen-bond donors (Lipinski definition) is 2. The number of allylic oxidation sites excluding steroid dienone is 1. The van der Waals surface area contributed by atoms with Gasteiger partial charge < -0.3 is 5.32 Å². The summed E-state index contributed by atoms with van der Waals surface area (Å²) in [5.74, 6) is -2.05. The smallest absolute Gasteiger partial charge is 0.156 e. The number of nitrogens with zero attached hydrogens (tertiary/aromatic N) is 5. The average Bonchev–Trinajstić information content (AvgIpc) is 3.38. The first-order chi connectivity index (χ1) is 19.3. The van der Waals surface area contributed by atoms with E-state index in [9.17, 15) is 17.4 Å². The number of aromatic nitrogens is 3. The summed E-state index contributed by atoms with van der Waals surface area (Å²) in [7, 11) is -2.40. The van der Waals surface area contributed by atoms with E-state index in [-0.39, 0.29) is 18.3 Å². The molecule has 2 aromatic carbocycles. The van der Waals surface area contributed by atoms with Crippen LogP contribution < -0.4 is 10.0 Å². The van der Waals surface area contributed by atoms with Gasteiger partial charge >= 0.3 is 0 Å². The SMILES string of the molecule is C=N/C(=C\C=N/CNc1ccncn1)c1sc(C(C)C)nc1-c1ccc(F)c(NS(=O)c2c(F)cccc2F)c1. The molecule has 13 heteroatoms. The third-order valence-corrected chi connectivity index (χ3v) is 7.90. The van der Waals surface area contributed by atoms with Crippen molar-refractivity contribution in [2.75, 3.05) is 16.7 Å². The van der Waals surface area contributed by atoms with Crippen LogP contribution in [-0.4, -0.2) is 38.8 Å². The monoisotopic (exact) mass is 583 g/mol. The highest BCUT2D eigenvalue weighted by Gasteiger charge is 2.21. The number of benzene rings is 2. The molecule has 0 aliphatic rings. The zero-order chi connectivity index (χ0) is 28.6. The predicted octanol–water partition coefficient (Wildman–Crippen LogP) is 6.46. The Labute approximate surface area is 235 Å². The third-order valence-electron chi connectivity index (χ3n) is 5.36. The number of nitrogens with one attached hydrogen (secondary N) is 2. The molecular formula is C27H24F3N7OS2. The van der Waals surface area contributed by atoms with Crippen LogP contribution >= 0.6 is 11.3 Å². The van der Waals surface area contributed by atoms with Crippen LogP contribution in [0.3, 0.4) is 0 Å². The number of rotatable bonds is 11. The van der Waals surface area contributed by atoms with Gasteiger partial charge in [-0.1, -0.05) is 19.9 Å². The summed E-state index contributed by atoms with van der Waals surface area (Å²) in [5, 5.41) is 3.83. The first-order valence-electron chi connectivity index (χ1n) is 11.9. The zero-order valence-corrected chi connectivity index (χ0v) is 23.1. The molecule has 0 fully saturated rings. The van der Waals surface area contributed by atoms with Gasteiger partial charge in [-0.05, 0) is 49.2 Å². The molecule has 2 heterocycles. The molecule has 0 bridgehead atoms. The van der Waals surface area contributed by atoms with E-state index in [4.69, 9.17) is 4.98 Å². The van der Waals surface area contributed by atoms with Gasteiger partial charge in [0.2, 0.25) is 0 Å². The number of halogens is 3. The van der Waals surface area contributed by atoms with Crippen LogP contribution in [0.4, 0.5) is 24.7 Å². The minimum atomic E-state index is -2.40. The second-order valence-electron chi connectivity index (χ2n) is 8.47.